The van der Waals surface area contributed by atoms with E-state index in [1.54, 1.807) is 0 Å². The SMILES string of the molecule is CC1CC=C(c2ccc3c(c2)CN(C)CC3)N(C(=O)OC(C)(C)C)C1. The number of likely N-dealkylation sites (N-methyl/N-ethyl adjacent to an activating group) is 1. The Balaban J connectivity index is 1.90. The summed E-state index contributed by atoms with van der Waals surface area (Å²) in [5, 5.41) is 0. The van der Waals surface area contributed by atoms with Crippen molar-refractivity contribution in [2.75, 3.05) is 20.1 Å². The molecule has 0 bridgehead atoms. The fourth-order valence-corrected chi connectivity index (χ4v) is 3.53. The fraction of sp³-hybridized carbons (Fsp3) is 0.571. The first-order chi connectivity index (χ1) is 11.7. The highest BCUT2D eigenvalue weighted by atomic mass is 16.6. The number of allylic oxidation sites excluding steroid dienone is 1. The summed E-state index contributed by atoms with van der Waals surface area (Å²) in [5.74, 6) is 0.444. The van der Waals surface area contributed by atoms with E-state index in [-0.39, 0.29) is 6.09 Å². The highest BCUT2D eigenvalue weighted by molar-refractivity contribution is 5.83. The molecule has 0 radical (unpaired) electrons. The van der Waals surface area contributed by atoms with Gasteiger partial charge >= 0.3 is 6.09 Å². The Bertz CT molecular complexity index is 688. The molecule has 4 heteroatoms. The second kappa shape index (κ2) is 6.83. The Labute approximate surface area is 151 Å². The molecule has 1 aromatic carbocycles. The molecule has 3 rings (SSSR count). The quantitative estimate of drug-likeness (QED) is 0.763. The highest BCUT2D eigenvalue weighted by Gasteiger charge is 2.29. The first-order valence-electron chi connectivity index (χ1n) is 9.24. The third kappa shape index (κ3) is 4.24. The van der Waals surface area contributed by atoms with Crippen LogP contribution in [0.5, 0.6) is 0 Å². The van der Waals surface area contributed by atoms with Crippen molar-refractivity contribution < 1.29 is 9.53 Å². The van der Waals surface area contributed by atoms with Crippen LogP contribution < -0.4 is 0 Å². The maximum Gasteiger partial charge on any atom is 0.414 e. The van der Waals surface area contributed by atoms with Crippen molar-refractivity contribution in [3.63, 3.8) is 0 Å². The van der Waals surface area contributed by atoms with Crippen molar-refractivity contribution in [3.8, 4) is 0 Å². The van der Waals surface area contributed by atoms with E-state index in [0.29, 0.717) is 12.5 Å². The van der Waals surface area contributed by atoms with Gasteiger partial charge in [0.2, 0.25) is 0 Å². The Morgan fingerprint density at radius 1 is 1.24 bits per heavy atom. The van der Waals surface area contributed by atoms with Gasteiger partial charge in [-0.1, -0.05) is 25.1 Å². The molecule has 1 aromatic rings. The minimum absolute atomic E-state index is 0.250. The van der Waals surface area contributed by atoms with Gasteiger partial charge < -0.3 is 9.64 Å². The summed E-state index contributed by atoms with van der Waals surface area (Å²) in [6, 6.07) is 6.64. The molecule has 1 atom stereocenters. The summed E-state index contributed by atoms with van der Waals surface area (Å²) >= 11 is 0. The number of ether oxygens (including phenoxy) is 1. The zero-order valence-corrected chi connectivity index (χ0v) is 16.1. The van der Waals surface area contributed by atoms with E-state index in [1.165, 1.54) is 11.1 Å². The largest absolute Gasteiger partial charge is 0.443 e. The molecular formula is C21H30N2O2. The number of rotatable bonds is 1. The lowest BCUT2D eigenvalue weighted by molar-refractivity contribution is 0.0327. The van der Waals surface area contributed by atoms with E-state index < -0.39 is 5.60 Å². The van der Waals surface area contributed by atoms with Crippen molar-refractivity contribution >= 4 is 11.8 Å². The molecule has 2 heterocycles. The van der Waals surface area contributed by atoms with Gasteiger partial charge in [-0.2, -0.15) is 0 Å². The minimum Gasteiger partial charge on any atom is -0.443 e. The van der Waals surface area contributed by atoms with E-state index in [9.17, 15) is 4.79 Å². The normalized spacial score (nSPS) is 21.6. The average Bonchev–Trinajstić information content (AvgIpc) is 2.52. The summed E-state index contributed by atoms with van der Waals surface area (Å²) in [6.45, 7) is 10.7. The zero-order chi connectivity index (χ0) is 18.2. The van der Waals surface area contributed by atoms with E-state index in [1.807, 2.05) is 25.7 Å². The van der Waals surface area contributed by atoms with Crippen LogP contribution in [0.2, 0.25) is 0 Å². The molecule has 0 aliphatic carbocycles. The lowest BCUT2D eigenvalue weighted by Crippen LogP contribution is -2.39. The predicted octanol–water partition coefficient (Wildman–Crippen LogP) is 4.29. The van der Waals surface area contributed by atoms with Crippen LogP contribution in [0.15, 0.2) is 24.3 Å². The number of carbonyl (C=O) groups is 1. The summed E-state index contributed by atoms with van der Waals surface area (Å²) < 4.78 is 5.64. The van der Waals surface area contributed by atoms with Crippen LogP contribution in [0.4, 0.5) is 4.79 Å². The Morgan fingerprint density at radius 2 is 2.00 bits per heavy atom. The highest BCUT2D eigenvalue weighted by Crippen LogP contribution is 2.31. The molecular weight excluding hydrogens is 312 g/mol. The number of hydrogen-bond acceptors (Lipinski definition) is 3. The van der Waals surface area contributed by atoms with Gasteiger partial charge in [0.05, 0.1) is 5.70 Å². The second-order valence-corrected chi connectivity index (χ2v) is 8.49. The van der Waals surface area contributed by atoms with Gasteiger partial charge in [-0.3, -0.25) is 4.90 Å². The lowest BCUT2D eigenvalue weighted by atomic mass is 9.93. The third-order valence-corrected chi connectivity index (χ3v) is 4.82. The van der Waals surface area contributed by atoms with E-state index >= 15 is 0 Å². The smallest absolute Gasteiger partial charge is 0.414 e. The Hall–Kier alpha value is -1.81. The lowest BCUT2D eigenvalue weighted by Gasteiger charge is -2.34. The molecule has 0 spiro atoms. The van der Waals surface area contributed by atoms with Crippen molar-refractivity contribution in [1.29, 1.82) is 0 Å². The standard InChI is InChI=1S/C21H30N2O2/c1-15-6-9-19(23(13-15)20(24)25-21(2,3)4)17-8-7-16-10-11-22(5)14-18(16)12-17/h7-9,12,15H,6,10-11,13-14H2,1-5H3. The van der Waals surface area contributed by atoms with E-state index in [2.05, 4.69) is 43.1 Å². The van der Waals surface area contributed by atoms with Gasteiger partial charge in [0.25, 0.3) is 0 Å². The van der Waals surface area contributed by atoms with Crippen molar-refractivity contribution in [2.24, 2.45) is 5.92 Å². The number of carbonyl (C=O) groups excluding carboxylic acids is 1. The van der Waals surface area contributed by atoms with Crippen LogP contribution in [-0.4, -0.2) is 41.6 Å². The minimum atomic E-state index is -0.485. The van der Waals surface area contributed by atoms with Gasteiger partial charge in [0.1, 0.15) is 5.60 Å². The van der Waals surface area contributed by atoms with Crippen molar-refractivity contribution in [3.05, 3.63) is 41.0 Å². The Morgan fingerprint density at radius 3 is 2.72 bits per heavy atom. The average molecular weight is 342 g/mol. The molecule has 1 amide bonds. The van der Waals surface area contributed by atoms with E-state index in [0.717, 1.165) is 37.2 Å². The van der Waals surface area contributed by atoms with Crippen molar-refractivity contribution in [1.82, 2.24) is 9.80 Å². The second-order valence-electron chi connectivity index (χ2n) is 8.49. The number of nitrogens with zero attached hydrogens (tertiary/aromatic N) is 2. The number of fused-ring (bicyclic) bond motifs is 1. The molecule has 0 aromatic heterocycles. The topological polar surface area (TPSA) is 32.8 Å². The molecule has 4 nitrogen and oxygen atoms in total. The van der Waals surface area contributed by atoms with Crippen LogP contribution in [0.3, 0.4) is 0 Å². The van der Waals surface area contributed by atoms with Gasteiger partial charge in [-0.05, 0) is 69.3 Å². The summed E-state index contributed by atoms with van der Waals surface area (Å²) in [4.78, 5) is 16.9. The molecule has 0 fully saturated rings. The van der Waals surface area contributed by atoms with Crippen LogP contribution >= 0.6 is 0 Å². The molecule has 0 saturated carbocycles. The van der Waals surface area contributed by atoms with Gasteiger partial charge in [-0.15, -0.1) is 0 Å². The van der Waals surface area contributed by atoms with Crippen LogP contribution in [-0.2, 0) is 17.7 Å². The van der Waals surface area contributed by atoms with Crippen molar-refractivity contribution in [2.45, 2.75) is 52.7 Å². The van der Waals surface area contributed by atoms with E-state index in [4.69, 9.17) is 4.74 Å². The molecule has 0 N–H and O–H groups in total. The summed E-state index contributed by atoms with van der Waals surface area (Å²) in [5.41, 5.74) is 4.42. The van der Waals surface area contributed by atoms with Gasteiger partial charge in [0, 0.05) is 19.6 Å². The summed E-state index contributed by atoms with van der Waals surface area (Å²) in [7, 11) is 2.16. The zero-order valence-electron chi connectivity index (χ0n) is 16.1. The van der Waals surface area contributed by atoms with Crippen LogP contribution in [0.1, 0.15) is 50.8 Å². The molecule has 136 valence electrons. The number of amides is 1. The molecule has 1 unspecified atom stereocenters. The fourth-order valence-electron chi connectivity index (χ4n) is 3.53. The number of hydrogen-bond donors (Lipinski definition) is 0. The molecule has 2 aliphatic rings. The monoisotopic (exact) mass is 342 g/mol. The van der Waals surface area contributed by atoms with Crippen LogP contribution in [0.25, 0.3) is 5.70 Å². The Kier molecular flexibility index (Phi) is 4.92. The molecule has 0 saturated heterocycles. The maximum atomic E-state index is 12.7. The van der Waals surface area contributed by atoms with Gasteiger partial charge in [-0.25, -0.2) is 4.79 Å². The molecule has 25 heavy (non-hydrogen) atoms. The van der Waals surface area contributed by atoms with Gasteiger partial charge in [0.15, 0.2) is 0 Å². The first kappa shape index (κ1) is 18.0. The maximum absolute atomic E-state index is 12.7. The number of benzene rings is 1. The molecule has 2 aliphatic heterocycles. The summed E-state index contributed by atoms with van der Waals surface area (Å²) in [6.07, 6.45) is 4.02. The first-order valence-corrected chi connectivity index (χ1v) is 9.24. The van der Waals surface area contributed by atoms with Crippen LogP contribution in [0, 0.1) is 5.92 Å². The predicted molar refractivity (Wildman–Crippen MR) is 101 cm³/mol. The third-order valence-electron chi connectivity index (χ3n) is 4.82.